The van der Waals surface area contributed by atoms with E-state index in [0.717, 1.165) is 29.6 Å². The quantitative estimate of drug-likeness (QED) is 0.149. The Balaban J connectivity index is 1.86. The average Bonchev–Trinajstić information content (AvgIpc) is 3.65. The number of carbonyl (C=O) groups is 4. The van der Waals surface area contributed by atoms with Crippen LogP contribution in [-0.2, 0) is 14.3 Å². The van der Waals surface area contributed by atoms with E-state index in [9.17, 15) is 24.3 Å². The van der Waals surface area contributed by atoms with Gasteiger partial charge in [0.15, 0.2) is 5.84 Å². The first kappa shape index (κ1) is 30.0. The summed E-state index contributed by atoms with van der Waals surface area (Å²) in [5.41, 5.74) is 8.33. The number of nitrogens with zero attached hydrogens (tertiary/aromatic N) is 3. The Morgan fingerprint density at radius 3 is 2.60 bits per heavy atom. The number of aliphatic hydroxyl groups is 1. The van der Waals surface area contributed by atoms with Crippen molar-refractivity contribution in [3.8, 4) is 0 Å². The lowest BCUT2D eigenvalue weighted by Gasteiger charge is -2.19. The molecule has 1 fully saturated rings. The van der Waals surface area contributed by atoms with Gasteiger partial charge in [-0.2, -0.15) is 0 Å². The van der Waals surface area contributed by atoms with Crippen LogP contribution in [0.2, 0.25) is 0 Å². The van der Waals surface area contributed by atoms with Crippen LogP contribution < -0.4 is 11.1 Å². The molecule has 13 nitrogen and oxygen atoms in total. The zero-order valence-electron chi connectivity index (χ0n) is 22.9. The maximum absolute atomic E-state index is 13.3. The molecule has 40 heavy (non-hydrogen) atoms. The first-order valence-electron chi connectivity index (χ1n) is 12.8. The van der Waals surface area contributed by atoms with Gasteiger partial charge >= 0.3 is 12.1 Å². The Kier molecular flexibility index (Phi) is 10.1. The number of aryl methyl sites for hydroxylation is 1. The van der Waals surface area contributed by atoms with Gasteiger partial charge in [0, 0.05) is 24.3 Å². The van der Waals surface area contributed by atoms with Gasteiger partial charge in [0.2, 0.25) is 6.79 Å². The molecule has 13 heteroatoms. The van der Waals surface area contributed by atoms with E-state index in [0.29, 0.717) is 28.9 Å². The molecule has 2 aromatic rings. The fourth-order valence-corrected chi connectivity index (χ4v) is 3.63. The van der Waals surface area contributed by atoms with Crippen LogP contribution in [-0.4, -0.2) is 76.5 Å². The maximum atomic E-state index is 13.3. The number of aromatic amines is 1. The summed E-state index contributed by atoms with van der Waals surface area (Å²) in [6.07, 6.45) is 2.46. The number of aliphatic hydroxyl groups excluding tert-OH is 1. The number of amidine groups is 1. The molecule has 0 bridgehead atoms. The van der Waals surface area contributed by atoms with Gasteiger partial charge < -0.3 is 30.6 Å². The van der Waals surface area contributed by atoms with E-state index >= 15 is 0 Å². The molecule has 0 saturated heterocycles. The summed E-state index contributed by atoms with van der Waals surface area (Å²) >= 11 is 0. The molecule has 214 valence electrons. The van der Waals surface area contributed by atoms with Crippen LogP contribution in [0.25, 0.3) is 0 Å². The molecule has 1 heterocycles. The number of aromatic nitrogens is 1. The van der Waals surface area contributed by atoms with E-state index in [-0.39, 0.29) is 29.9 Å². The average molecular weight is 555 g/mol. The largest absolute Gasteiger partial charge is 0.426 e. The number of aliphatic imine (C=N–C) groups is 2. The number of nitrogens with one attached hydrogen (secondary N) is 2. The van der Waals surface area contributed by atoms with Gasteiger partial charge in [0.1, 0.15) is 6.10 Å². The highest BCUT2D eigenvalue weighted by Crippen LogP contribution is 2.25. The van der Waals surface area contributed by atoms with Gasteiger partial charge in [0.05, 0.1) is 23.3 Å². The predicted molar refractivity (Wildman–Crippen MR) is 147 cm³/mol. The second-order valence-electron chi connectivity index (χ2n) is 9.29. The molecule has 0 aliphatic heterocycles. The van der Waals surface area contributed by atoms with E-state index in [1.165, 1.54) is 13.1 Å². The molecular formula is C27H34N6O7. The normalized spacial score (nSPS) is 14.1. The molecular weight excluding hydrogens is 520 g/mol. The van der Waals surface area contributed by atoms with Crippen molar-refractivity contribution in [3.05, 3.63) is 52.3 Å². The molecule has 3 amide bonds. The second kappa shape index (κ2) is 13.5. The minimum absolute atomic E-state index is 0.0405. The van der Waals surface area contributed by atoms with Crippen molar-refractivity contribution < 1.29 is 33.8 Å². The summed E-state index contributed by atoms with van der Waals surface area (Å²) in [5, 5.41) is 12.1. The van der Waals surface area contributed by atoms with Gasteiger partial charge in [0.25, 0.3) is 11.8 Å². The lowest BCUT2D eigenvalue weighted by Crippen LogP contribution is -2.38. The van der Waals surface area contributed by atoms with Crippen LogP contribution in [0, 0.1) is 13.8 Å². The number of benzene rings is 1. The maximum Gasteiger partial charge on any atom is 0.419 e. The third kappa shape index (κ3) is 7.53. The van der Waals surface area contributed by atoms with Gasteiger partial charge in [-0.05, 0) is 63.3 Å². The summed E-state index contributed by atoms with van der Waals surface area (Å²) in [5.74, 6) is -1.64. The second-order valence-corrected chi connectivity index (χ2v) is 9.29. The number of H-pyrrole nitrogens is 1. The third-order valence-electron chi connectivity index (χ3n) is 6.04. The first-order chi connectivity index (χ1) is 19.1. The lowest BCUT2D eigenvalue weighted by atomic mass is 10.1. The molecule has 1 aromatic heterocycles. The van der Waals surface area contributed by atoms with E-state index in [2.05, 4.69) is 25.0 Å². The van der Waals surface area contributed by atoms with Crippen molar-refractivity contribution in [2.24, 2.45) is 15.7 Å². The van der Waals surface area contributed by atoms with Gasteiger partial charge in [-0.1, -0.05) is 13.0 Å². The fourth-order valence-electron chi connectivity index (χ4n) is 3.63. The minimum Gasteiger partial charge on any atom is -0.426 e. The summed E-state index contributed by atoms with van der Waals surface area (Å²) in [6, 6.07) is 5.38. The molecule has 0 spiro atoms. The highest BCUT2D eigenvalue weighted by molar-refractivity contribution is 6.09. The van der Waals surface area contributed by atoms with Gasteiger partial charge in [-0.25, -0.2) is 24.5 Å². The Labute approximate surface area is 231 Å². The topological polar surface area (TPSA) is 189 Å². The van der Waals surface area contributed by atoms with Crippen LogP contribution in [0.15, 0.2) is 34.4 Å². The van der Waals surface area contributed by atoms with Crippen LogP contribution in [0.5, 0.6) is 0 Å². The number of rotatable bonds is 10. The third-order valence-corrected chi connectivity index (χ3v) is 6.04. The van der Waals surface area contributed by atoms with Crippen molar-refractivity contribution in [1.29, 1.82) is 0 Å². The number of imide groups is 1. The standard InChI is InChI=1S/C27H34N6O7/c1-5-10-33(27(38)40-14-39-26(37)17(4)34)25(36)20-12-29-22(16(20)3)23(30-13-28)32-21-11-18(7-6-15(21)2)24(35)31-19-8-9-19/h6-7,11-13,17,19,29,34H,5,8-10,14H2,1-4H3,(H,31,35)(H2,28,30,32). The Morgan fingerprint density at radius 2 is 1.98 bits per heavy atom. The van der Waals surface area contributed by atoms with Crippen molar-refractivity contribution in [1.82, 2.24) is 15.2 Å². The van der Waals surface area contributed by atoms with Gasteiger partial charge in [-0.3, -0.25) is 9.59 Å². The number of esters is 1. The van der Waals surface area contributed by atoms with E-state index in [1.54, 1.807) is 32.0 Å². The molecule has 1 aliphatic carbocycles. The first-order valence-corrected chi connectivity index (χ1v) is 12.8. The number of ether oxygens (including phenoxy) is 2. The lowest BCUT2D eigenvalue weighted by molar-refractivity contribution is -0.161. The number of carbonyl (C=O) groups excluding carboxylic acids is 4. The Hall–Kier alpha value is -4.52. The van der Waals surface area contributed by atoms with E-state index in [1.807, 2.05) is 6.92 Å². The molecule has 1 unspecified atom stereocenters. The number of hydrogen-bond acceptors (Lipinski definition) is 8. The Morgan fingerprint density at radius 1 is 1.25 bits per heavy atom. The molecule has 5 N–H and O–H groups in total. The Bertz CT molecular complexity index is 1330. The smallest absolute Gasteiger partial charge is 0.419 e. The van der Waals surface area contributed by atoms with E-state index < -0.39 is 30.9 Å². The van der Waals surface area contributed by atoms with Crippen LogP contribution in [0.1, 0.15) is 70.6 Å². The monoisotopic (exact) mass is 554 g/mol. The predicted octanol–water partition coefficient (Wildman–Crippen LogP) is 2.46. The minimum atomic E-state index is -1.38. The SMILES string of the molecule is CCCN(C(=O)OCOC(=O)C(C)O)C(=O)c1c[nH]c(C(N=CN)=Nc2cc(C(=O)NC3CC3)ccc2C)c1C. The van der Waals surface area contributed by atoms with Crippen LogP contribution in [0.4, 0.5) is 10.5 Å². The summed E-state index contributed by atoms with van der Waals surface area (Å²) in [7, 11) is 0. The van der Waals surface area contributed by atoms with Crippen molar-refractivity contribution in [2.45, 2.75) is 59.1 Å². The molecule has 1 aromatic carbocycles. The van der Waals surface area contributed by atoms with Crippen molar-refractivity contribution in [3.63, 3.8) is 0 Å². The van der Waals surface area contributed by atoms with E-state index in [4.69, 9.17) is 10.5 Å². The van der Waals surface area contributed by atoms with Crippen molar-refractivity contribution in [2.75, 3.05) is 13.3 Å². The highest BCUT2D eigenvalue weighted by Gasteiger charge is 2.28. The highest BCUT2D eigenvalue weighted by atomic mass is 16.7. The molecule has 0 radical (unpaired) electrons. The summed E-state index contributed by atoms with van der Waals surface area (Å²) < 4.78 is 9.55. The number of hydrogen-bond donors (Lipinski definition) is 4. The van der Waals surface area contributed by atoms with Crippen molar-refractivity contribution >= 4 is 41.7 Å². The van der Waals surface area contributed by atoms with Crippen LogP contribution >= 0.6 is 0 Å². The van der Waals surface area contributed by atoms with Gasteiger partial charge in [-0.15, -0.1) is 0 Å². The zero-order valence-corrected chi connectivity index (χ0v) is 22.9. The molecule has 1 atom stereocenters. The number of amides is 3. The number of nitrogens with two attached hydrogens (primary N) is 1. The molecule has 3 rings (SSSR count). The molecule has 1 saturated carbocycles. The molecule has 1 aliphatic rings. The van der Waals surface area contributed by atoms with Crippen LogP contribution in [0.3, 0.4) is 0 Å². The summed E-state index contributed by atoms with van der Waals surface area (Å²) in [4.78, 5) is 62.5. The zero-order chi connectivity index (χ0) is 29.4. The fraction of sp³-hybridized carbons (Fsp3) is 0.407. The summed E-state index contributed by atoms with van der Waals surface area (Å²) in [6.45, 7) is 5.77.